The lowest BCUT2D eigenvalue weighted by molar-refractivity contribution is 0.297. The molecule has 0 aromatic heterocycles. The molecule has 1 aromatic rings. The Morgan fingerprint density at radius 2 is 1.67 bits per heavy atom. The Morgan fingerprint density at radius 1 is 1.00 bits per heavy atom. The number of hydrogen-bond acceptors (Lipinski definition) is 2. The van der Waals surface area contributed by atoms with Gasteiger partial charge in [-0.15, -0.1) is 0 Å². The molecule has 0 saturated carbocycles. The number of hydrogen-bond donors (Lipinski definition) is 1. The van der Waals surface area contributed by atoms with Gasteiger partial charge in [-0.2, -0.15) is 0 Å². The zero-order valence-corrected chi connectivity index (χ0v) is 12.2. The van der Waals surface area contributed by atoms with Crippen LogP contribution in [0.4, 0.5) is 0 Å². The van der Waals surface area contributed by atoms with Gasteiger partial charge in [0.05, 0.1) is 6.61 Å². The molecule has 0 spiro atoms. The van der Waals surface area contributed by atoms with Crippen LogP contribution in [0.1, 0.15) is 51.0 Å². The molecule has 1 rings (SSSR count). The van der Waals surface area contributed by atoms with Crippen molar-refractivity contribution in [3.63, 3.8) is 0 Å². The Labute approximate surface area is 112 Å². The molecule has 0 fully saturated rings. The molecule has 0 aliphatic carbocycles. The fourth-order valence-corrected chi connectivity index (χ4v) is 2.79. The molecule has 0 saturated heterocycles. The summed E-state index contributed by atoms with van der Waals surface area (Å²) in [4.78, 5) is 9.79. The maximum Gasteiger partial charge on any atom is 0.172 e. The van der Waals surface area contributed by atoms with E-state index in [1.54, 1.807) is 0 Å². The highest BCUT2D eigenvalue weighted by Crippen LogP contribution is 2.36. The van der Waals surface area contributed by atoms with Crippen molar-refractivity contribution in [2.75, 3.05) is 6.61 Å². The van der Waals surface area contributed by atoms with Crippen molar-refractivity contribution < 1.29 is 9.42 Å². The molecule has 0 aliphatic heterocycles. The Hall–Kier alpha value is -0.430. The highest BCUT2D eigenvalue weighted by molar-refractivity contribution is 7.45. The van der Waals surface area contributed by atoms with Gasteiger partial charge < -0.3 is 9.42 Å². The predicted molar refractivity (Wildman–Crippen MR) is 78.6 cm³/mol. The van der Waals surface area contributed by atoms with E-state index in [2.05, 4.69) is 6.92 Å². The van der Waals surface area contributed by atoms with E-state index in [0.717, 1.165) is 12.0 Å². The summed E-state index contributed by atoms with van der Waals surface area (Å²) in [6, 6.07) is 10.0. The van der Waals surface area contributed by atoms with Gasteiger partial charge in [0.25, 0.3) is 0 Å². The zero-order valence-electron chi connectivity index (χ0n) is 11.3. The molecule has 0 amide bonds. The van der Waals surface area contributed by atoms with E-state index < -0.39 is 8.38 Å². The van der Waals surface area contributed by atoms with Crippen molar-refractivity contribution in [1.82, 2.24) is 0 Å². The van der Waals surface area contributed by atoms with Crippen LogP contribution in [0.25, 0.3) is 0 Å². The first-order valence-electron chi connectivity index (χ1n) is 6.96. The SMILES string of the molecule is CCCCCCCCOP(O)Cc1ccccc1. The molecule has 0 radical (unpaired) electrons. The fraction of sp³-hybridized carbons (Fsp3) is 0.600. The van der Waals surface area contributed by atoms with Crippen LogP contribution in [-0.4, -0.2) is 11.5 Å². The summed E-state index contributed by atoms with van der Waals surface area (Å²) in [5, 5.41) is 0. The van der Waals surface area contributed by atoms with Crippen molar-refractivity contribution >= 4 is 8.38 Å². The van der Waals surface area contributed by atoms with E-state index in [-0.39, 0.29) is 0 Å². The summed E-state index contributed by atoms with van der Waals surface area (Å²) in [6.07, 6.45) is 8.17. The second-order valence-corrected chi connectivity index (χ2v) is 5.88. The van der Waals surface area contributed by atoms with Crippen LogP contribution in [0.2, 0.25) is 0 Å². The molecule has 1 N–H and O–H groups in total. The summed E-state index contributed by atoms with van der Waals surface area (Å²) in [6.45, 7) is 2.92. The van der Waals surface area contributed by atoms with Crippen molar-refractivity contribution in [3.8, 4) is 0 Å². The van der Waals surface area contributed by atoms with Crippen LogP contribution in [0.3, 0.4) is 0 Å². The van der Waals surface area contributed by atoms with Crippen molar-refractivity contribution in [1.29, 1.82) is 0 Å². The molecular weight excluding hydrogens is 243 g/mol. The second-order valence-electron chi connectivity index (χ2n) is 4.60. The van der Waals surface area contributed by atoms with Crippen molar-refractivity contribution in [2.24, 2.45) is 0 Å². The lowest BCUT2D eigenvalue weighted by Gasteiger charge is -2.10. The molecule has 102 valence electrons. The Balaban J connectivity index is 1.99. The third kappa shape index (κ3) is 7.81. The van der Waals surface area contributed by atoms with Gasteiger partial charge in [0.1, 0.15) is 0 Å². The average Bonchev–Trinajstić information content (AvgIpc) is 2.39. The highest BCUT2D eigenvalue weighted by atomic mass is 31.2. The molecule has 0 aliphatic rings. The molecule has 1 atom stereocenters. The van der Waals surface area contributed by atoms with Gasteiger partial charge in [0.2, 0.25) is 0 Å². The van der Waals surface area contributed by atoms with Crippen LogP contribution < -0.4 is 0 Å². The van der Waals surface area contributed by atoms with Crippen LogP contribution >= 0.6 is 8.38 Å². The summed E-state index contributed by atoms with van der Waals surface area (Å²) < 4.78 is 5.47. The lowest BCUT2D eigenvalue weighted by Crippen LogP contribution is -1.92. The Bertz CT molecular complexity index is 290. The topological polar surface area (TPSA) is 29.5 Å². The van der Waals surface area contributed by atoms with Crippen LogP contribution in [-0.2, 0) is 10.7 Å². The monoisotopic (exact) mass is 268 g/mol. The maximum atomic E-state index is 9.79. The van der Waals surface area contributed by atoms with Gasteiger partial charge in [-0.1, -0.05) is 69.4 Å². The first kappa shape index (κ1) is 15.6. The van der Waals surface area contributed by atoms with Gasteiger partial charge in [-0.3, -0.25) is 0 Å². The number of benzene rings is 1. The predicted octanol–water partition coefficient (Wildman–Crippen LogP) is 4.87. The second kappa shape index (κ2) is 10.5. The first-order valence-corrected chi connectivity index (χ1v) is 8.36. The van der Waals surface area contributed by atoms with Crippen LogP contribution in [0.5, 0.6) is 0 Å². The van der Waals surface area contributed by atoms with E-state index in [4.69, 9.17) is 4.52 Å². The Kier molecular flexibility index (Phi) is 9.11. The smallest absolute Gasteiger partial charge is 0.172 e. The minimum Gasteiger partial charge on any atom is -0.350 e. The molecule has 1 unspecified atom stereocenters. The summed E-state index contributed by atoms with van der Waals surface area (Å²) in [5.41, 5.74) is 1.15. The summed E-state index contributed by atoms with van der Waals surface area (Å²) >= 11 is 0. The van der Waals surface area contributed by atoms with E-state index in [0.29, 0.717) is 12.8 Å². The molecule has 0 bridgehead atoms. The maximum absolute atomic E-state index is 9.79. The quantitative estimate of drug-likeness (QED) is 0.484. The van der Waals surface area contributed by atoms with Gasteiger partial charge in [0, 0.05) is 6.16 Å². The number of rotatable bonds is 10. The van der Waals surface area contributed by atoms with Crippen LogP contribution in [0.15, 0.2) is 30.3 Å². The van der Waals surface area contributed by atoms with Crippen molar-refractivity contribution in [3.05, 3.63) is 35.9 Å². The molecule has 2 nitrogen and oxygen atoms in total. The van der Waals surface area contributed by atoms with E-state index in [1.807, 2.05) is 30.3 Å². The molecular formula is C15H25O2P. The average molecular weight is 268 g/mol. The highest BCUT2D eigenvalue weighted by Gasteiger charge is 2.05. The molecule has 18 heavy (non-hydrogen) atoms. The van der Waals surface area contributed by atoms with E-state index in [1.165, 1.54) is 32.1 Å². The van der Waals surface area contributed by atoms with Crippen molar-refractivity contribution in [2.45, 2.75) is 51.6 Å². The first-order chi connectivity index (χ1) is 8.83. The Morgan fingerprint density at radius 3 is 2.39 bits per heavy atom. The summed E-state index contributed by atoms with van der Waals surface area (Å²) in [7, 11) is -1.28. The third-order valence-electron chi connectivity index (χ3n) is 2.90. The number of unbranched alkanes of at least 4 members (excludes halogenated alkanes) is 5. The van der Waals surface area contributed by atoms with Gasteiger partial charge in [-0.05, 0) is 12.0 Å². The zero-order chi connectivity index (χ0) is 13.1. The minimum atomic E-state index is -1.28. The molecule has 3 heteroatoms. The van der Waals surface area contributed by atoms with Gasteiger partial charge in [-0.25, -0.2) is 0 Å². The third-order valence-corrected chi connectivity index (χ3v) is 4.02. The largest absolute Gasteiger partial charge is 0.350 e. The minimum absolute atomic E-state index is 0.645. The fourth-order valence-electron chi connectivity index (χ4n) is 1.84. The van der Waals surface area contributed by atoms with E-state index >= 15 is 0 Å². The molecule has 1 aromatic carbocycles. The molecule has 0 heterocycles. The lowest BCUT2D eigenvalue weighted by atomic mass is 10.1. The van der Waals surface area contributed by atoms with Crippen LogP contribution in [0, 0.1) is 0 Å². The van der Waals surface area contributed by atoms with E-state index in [9.17, 15) is 4.89 Å². The van der Waals surface area contributed by atoms with Gasteiger partial charge >= 0.3 is 0 Å². The summed E-state index contributed by atoms with van der Waals surface area (Å²) in [5.74, 6) is 0. The standard InChI is InChI=1S/C15H25O2P/c1-2-3-4-5-6-10-13-17-18(16)14-15-11-8-7-9-12-15/h7-9,11-12,16H,2-6,10,13-14H2,1H3. The van der Waals surface area contributed by atoms with Gasteiger partial charge in [0.15, 0.2) is 8.38 Å². The normalized spacial score (nSPS) is 12.6.